The topological polar surface area (TPSA) is 237 Å². The zero-order valence-electron chi connectivity index (χ0n) is 57.7. The van der Waals surface area contributed by atoms with Crippen LogP contribution in [0.5, 0.6) is 0 Å². The van der Waals surface area contributed by atoms with Gasteiger partial charge in [0.25, 0.3) is 0 Å². The Kier molecular flexibility index (Phi) is 60.8. The van der Waals surface area contributed by atoms with Crippen LogP contribution in [0.25, 0.3) is 0 Å². The normalized spacial score (nSPS) is 14.1. The van der Waals surface area contributed by atoms with E-state index in [2.05, 4.69) is 41.5 Å². The molecule has 89 heavy (non-hydrogen) atoms. The van der Waals surface area contributed by atoms with Crippen LogP contribution in [0.1, 0.15) is 356 Å². The second-order valence-corrected chi connectivity index (χ2v) is 29.1. The molecule has 19 heteroatoms. The smallest absolute Gasteiger partial charge is 0.462 e. The van der Waals surface area contributed by atoms with E-state index in [0.717, 1.165) is 108 Å². The number of hydrogen-bond donors (Lipinski definition) is 3. The van der Waals surface area contributed by atoms with Gasteiger partial charge >= 0.3 is 39.5 Å². The quantitative estimate of drug-likeness (QED) is 0.0222. The van der Waals surface area contributed by atoms with Crippen LogP contribution in [-0.2, 0) is 65.4 Å². The number of phosphoric ester groups is 2. The van der Waals surface area contributed by atoms with Crippen LogP contribution in [-0.4, -0.2) is 96.7 Å². The molecule has 0 aliphatic rings. The van der Waals surface area contributed by atoms with Crippen molar-refractivity contribution in [1.82, 2.24) is 0 Å². The highest BCUT2D eigenvalue weighted by molar-refractivity contribution is 7.47. The molecule has 0 fully saturated rings. The Labute approximate surface area is 543 Å². The molecule has 0 amide bonds. The van der Waals surface area contributed by atoms with Crippen molar-refractivity contribution in [3.05, 3.63) is 0 Å². The van der Waals surface area contributed by atoms with E-state index in [1.807, 2.05) is 0 Å². The minimum Gasteiger partial charge on any atom is -0.462 e. The number of ether oxygens (including phenoxy) is 4. The predicted molar refractivity (Wildman–Crippen MR) is 358 cm³/mol. The van der Waals surface area contributed by atoms with Gasteiger partial charge in [-0.3, -0.25) is 37.3 Å². The van der Waals surface area contributed by atoms with Crippen LogP contribution in [0.3, 0.4) is 0 Å². The van der Waals surface area contributed by atoms with Gasteiger partial charge in [0.2, 0.25) is 0 Å². The van der Waals surface area contributed by atoms with Crippen LogP contribution >= 0.6 is 15.6 Å². The van der Waals surface area contributed by atoms with E-state index < -0.39 is 97.5 Å². The van der Waals surface area contributed by atoms with E-state index in [1.165, 1.54) is 167 Å². The molecule has 3 N–H and O–H groups in total. The van der Waals surface area contributed by atoms with Crippen molar-refractivity contribution in [2.24, 2.45) is 11.8 Å². The molecule has 0 aliphatic carbocycles. The molecule has 2 unspecified atom stereocenters. The van der Waals surface area contributed by atoms with Crippen molar-refractivity contribution in [2.75, 3.05) is 39.6 Å². The second kappa shape index (κ2) is 62.2. The first-order valence-electron chi connectivity index (χ1n) is 36.5. The number of aliphatic hydroxyl groups excluding tert-OH is 1. The SMILES string of the molecule is CCCCCCCCCCCCCC(=O)O[C@H](COC(=O)CCCCCCC)COP(=O)(O)OC[C@H](O)COP(=O)(O)OC[C@@H](COC(=O)CCCCCCCCCCCCCCC(C)C)OC(=O)CCCCCCCCCCCCCCCCCC(C)C. The van der Waals surface area contributed by atoms with Crippen molar-refractivity contribution in [3.8, 4) is 0 Å². The Morgan fingerprint density at radius 3 is 0.764 bits per heavy atom. The van der Waals surface area contributed by atoms with Crippen molar-refractivity contribution in [3.63, 3.8) is 0 Å². The Morgan fingerprint density at radius 2 is 0.517 bits per heavy atom. The Morgan fingerprint density at radius 1 is 0.303 bits per heavy atom. The molecule has 0 heterocycles. The van der Waals surface area contributed by atoms with Crippen molar-refractivity contribution < 1.29 is 80.2 Å². The van der Waals surface area contributed by atoms with Gasteiger partial charge in [-0.05, 0) is 37.5 Å². The maximum Gasteiger partial charge on any atom is 0.472 e. The van der Waals surface area contributed by atoms with Crippen molar-refractivity contribution in [1.29, 1.82) is 0 Å². The van der Waals surface area contributed by atoms with Gasteiger partial charge in [-0.25, -0.2) is 9.13 Å². The molecule has 5 atom stereocenters. The number of rotatable bonds is 69. The number of hydrogen-bond acceptors (Lipinski definition) is 15. The molecule has 0 aromatic rings. The van der Waals surface area contributed by atoms with Gasteiger partial charge in [0, 0.05) is 25.7 Å². The molecule has 0 aromatic heterocycles. The number of carbonyl (C=O) groups excluding carboxylic acids is 4. The van der Waals surface area contributed by atoms with Crippen molar-refractivity contribution in [2.45, 2.75) is 374 Å². The van der Waals surface area contributed by atoms with Crippen LogP contribution in [0, 0.1) is 11.8 Å². The highest BCUT2D eigenvalue weighted by Crippen LogP contribution is 2.45. The minimum atomic E-state index is -4.95. The number of phosphoric acid groups is 2. The molecular weight excluding hydrogens is 1170 g/mol. The Hall–Kier alpha value is -1.94. The van der Waals surface area contributed by atoms with Gasteiger partial charge in [-0.1, -0.05) is 305 Å². The fraction of sp³-hybridized carbons (Fsp3) is 0.943. The van der Waals surface area contributed by atoms with Crippen molar-refractivity contribution >= 4 is 39.5 Å². The van der Waals surface area contributed by atoms with E-state index in [1.54, 1.807) is 0 Å². The van der Waals surface area contributed by atoms with Gasteiger partial charge in [-0.15, -0.1) is 0 Å². The van der Waals surface area contributed by atoms with Crippen LogP contribution in [0.4, 0.5) is 0 Å². The van der Waals surface area contributed by atoms with E-state index >= 15 is 0 Å². The van der Waals surface area contributed by atoms with E-state index in [0.29, 0.717) is 25.7 Å². The lowest BCUT2D eigenvalue weighted by atomic mass is 10.0. The highest BCUT2D eigenvalue weighted by Gasteiger charge is 2.30. The van der Waals surface area contributed by atoms with E-state index in [4.69, 9.17) is 37.0 Å². The average molecular weight is 1310 g/mol. The van der Waals surface area contributed by atoms with Crippen LogP contribution in [0.15, 0.2) is 0 Å². The second-order valence-electron chi connectivity index (χ2n) is 26.2. The molecule has 0 saturated heterocycles. The molecule has 0 bridgehead atoms. The molecule has 0 saturated carbocycles. The maximum atomic E-state index is 13.0. The van der Waals surface area contributed by atoms with Gasteiger partial charge < -0.3 is 33.8 Å². The summed E-state index contributed by atoms with van der Waals surface area (Å²) in [5, 5.41) is 10.6. The first-order chi connectivity index (χ1) is 42.9. The van der Waals surface area contributed by atoms with Crippen LogP contribution in [0.2, 0.25) is 0 Å². The third-order valence-corrected chi connectivity index (χ3v) is 18.1. The van der Waals surface area contributed by atoms with Crippen LogP contribution < -0.4 is 0 Å². The molecule has 17 nitrogen and oxygen atoms in total. The highest BCUT2D eigenvalue weighted by atomic mass is 31.2. The van der Waals surface area contributed by atoms with E-state index in [-0.39, 0.29) is 25.7 Å². The molecule has 528 valence electrons. The summed E-state index contributed by atoms with van der Waals surface area (Å²) in [6, 6.07) is 0. The summed E-state index contributed by atoms with van der Waals surface area (Å²) in [6.45, 7) is 9.50. The largest absolute Gasteiger partial charge is 0.472 e. The standard InChI is InChI=1S/C70H136O17P2/c1-7-9-11-13-14-15-23-31-36-42-48-54-69(74)86-65(58-80-67(72)52-46-38-12-10-8-2)60-84-88(76,77)82-56-64(71)57-83-89(78,79)85-61-66(59-81-68(73)53-47-41-35-30-26-22-21-25-29-34-40-45-51-63(5)6)87-70(75)55-49-43-37-32-27-20-18-16-17-19-24-28-33-39-44-50-62(3)4/h62-66,71H,7-61H2,1-6H3,(H,76,77)(H,78,79)/t64-,65+,66+/m0/s1. The molecule has 0 rings (SSSR count). The lowest BCUT2D eigenvalue weighted by Gasteiger charge is -2.21. The van der Waals surface area contributed by atoms with Gasteiger partial charge in [-0.2, -0.15) is 0 Å². The molecule has 0 spiro atoms. The lowest BCUT2D eigenvalue weighted by Crippen LogP contribution is -2.30. The number of esters is 4. The van der Waals surface area contributed by atoms with E-state index in [9.17, 15) is 43.2 Å². The van der Waals surface area contributed by atoms with Gasteiger partial charge in [0.1, 0.15) is 19.3 Å². The fourth-order valence-corrected chi connectivity index (χ4v) is 12.2. The number of aliphatic hydroxyl groups is 1. The summed E-state index contributed by atoms with van der Waals surface area (Å²) >= 11 is 0. The lowest BCUT2D eigenvalue weighted by molar-refractivity contribution is -0.161. The predicted octanol–water partition coefficient (Wildman–Crippen LogP) is 20.0. The first-order valence-corrected chi connectivity index (χ1v) is 39.5. The van der Waals surface area contributed by atoms with Gasteiger partial charge in [0.15, 0.2) is 12.2 Å². The molecule has 0 aromatic carbocycles. The first kappa shape index (κ1) is 87.1. The molecule has 0 aliphatic heterocycles. The summed E-state index contributed by atoms with van der Waals surface area (Å²) in [6.07, 6.45) is 47.5. The third-order valence-electron chi connectivity index (χ3n) is 16.2. The monoisotopic (exact) mass is 1310 g/mol. The average Bonchev–Trinajstić information content (AvgIpc) is 3.68. The van der Waals surface area contributed by atoms with Gasteiger partial charge in [0.05, 0.1) is 26.4 Å². The number of unbranched alkanes of at least 4 members (excludes halogenated alkanes) is 39. The summed E-state index contributed by atoms with van der Waals surface area (Å²) < 4.78 is 68.1. The Balaban J connectivity index is 5.15. The zero-order valence-corrected chi connectivity index (χ0v) is 59.5. The third kappa shape index (κ3) is 64.6. The fourth-order valence-electron chi connectivity index (χ4n) is 10.6. The maximum absolute atomic E-state index is 13.0. The summed E-state index contributed by atoms with van der Waals surface area (Å²) in [5.41, 5.74) is 0. The zero-order chi connectivity index (χ0) is 65.7. The number of carbonyl (C=O) groups is 4. The minimum absolute atomic E-state index is 0.106. The summed E-state index contributed by atoms with van der Waals surface area (Å²) in [7, 11) is -9.89. The summed E-state index contributed by atoms with van der Waals surface area (Å²) in [4.78, 5) is 72.2. The Bertz CT molecular complexity index is 1730. The summed E-state index contributed by atoms with van der Waals surface area (Å²) in [5.74, 6) is -0.550. The molecular formula is C70H136O17P2. The molecule has 0 radical (unpaired) electrons.